The summed E-state index contributed by atoms with van der Waals surface area (Å²) < 4.78 is 30.5. The Labute approximate surface area is 138 Å². The fourth-order valence-corrected chi connectivity index (χ4v) is 5.58. The summed E-state index contributed by atoms with van der Waals surface area (Å²) in [5, 5.41) is 0. The van der Waals surface area contributed by atoms with Crippen LogP contribution in [-0.2, 0) is 16.6 Å². The van der Waals surface area contributed by atoms with E-state index in [9.17, 15) is 8.42 Å². The van der Waals surface area contributed by atoms with Crippen molar-refractivity contribution in [2.45, 2.75) is 30.3 Å². The Morgan fingerprint density at radius 3 is 3.09 bits per heavy atom. The minimum absolute atomic E-state index is 0.0219. The maximum atomic E-state index is 13.0. The Balaban J connectivity index is 1.66. The Morgan fingerprint density at radius 2 is 2.26 bits per heavy atom. The first kappa shape index (κ1) is 14.8. The highest BCUT2D eigenvalue weighted by Gasteiger charge is 2.35. The second kappa shape index (κ2) is 5.70. The predicted molar refractivity (Wildman–Crippen MR) is 88.8 cm³/mol. The Morgan fingerprint density at radius 1 is 1.35 bits per heavy atom. The van der Waals surface area contributed by atoms with Crippen molar-refractivity contribution in [3.63, 3.8) is 0 Å². The van der Waals surface area contributed by atoms with Crippen LogP contribution in [0, 0.1) is 0 Å². The van der Waals surface area contributed by atoms with Gasteiger partial charge >= 0.3 is 0 Å². The van der Waals surface area contributed by atoms with E-state index in [0.29, 0.717) is 18.0 Å². The fraction of sp³-hybridized carbons (Fsp3) is 0.333. The molecular weight excluding hydrogens is 332 g/mol. The molecule has 0 radical (unpaired) electrons. The van der Waals surface area contributed by atoms with Crippen molar-refractivity contribution < 1.29 is 8.42 Å². The molecule has 3 aromatic rings. The van der Waals surface area contributed by atoms with Gasteiger partial charge in [0.05, 0.1) is 26.9 Å². The summed E-state index contributed by atoms with van der Waals surface area (Å²) in [5.74, 6) is 0. The fourth-order valence-electron chi connectivity index (χ4n) is 3.08. The molecule has 1 atom stereocenters. The molecule has 6 nitrogen and oxygen atoms in total. The molecule has 1 unspecified atom stereocenters. The van der Waals surface area contributed by atoms with E-state index in [1.165, 1.54) is 11.3 Å². The van der Waals surface area contributed by atoms with Crippen LogP contribution in [0.4, 0.5) is 0 Å². The zero-order valence-electron chi connectivity index (χ0n) is 12.4. The molecule has 23 heavy (non-hydrogen) atoms. The number of imidazole rings is 1. The van der Waals surface area contributed by atoms with Gasteiger partial charge in [-0.05, 0) is 31.0 Å². The summed E-state index contributed by atoms with van der Waals surface area (Å²) in [4.78, 5) is 8.58. The van der Waals surface area contributed by atoms with E-state index in [2.05, 4.69) is 9.97 Å². The van der Waals surface area contributed by atoms with Gasteiger partial charge in [-0.15, -0.1) is 11.3 Å². The van der Waals surface area contributed by atoms with Gasteiger partial charge in [0.1, 0.15) is 0 Å². The average Bonchev–Trinajstić information content (AvgIpc) is 3.28. The summed E-state index contributed by atoms with van der Waals surface area (Å²) in [5.41, 5.74) is 2.57. The zero-order valence-corrected chi connectivity index (χ0v) is 14.0. The summed E-state index contributed by atoms with van der Waals surface area (Å²) in [6.45, 7) is 1.21. The average molecular weight is 348 g/mol. The third-order valence-corrected chi connectivity index (χ3v) is 6.95. The largest absolute Gasteiger partial charge is 0.336 e. The van der Waals surface area contributed by atoms with E-state index in [4.69, 9.17) is 0 Å². The number of hydrogen-bond donors (Lipinski definition) is 0. The lowest BCUT2D eigenvalue weighted by Crippen LogP contribution is -2.37. The minimum atomic E-state index is -3.48. The molecule has 4 rings (SSSR count). The highest BCUT2D eigenvalue weighted by molar-refractivity contribution is 7.89. The molecule has 0 bridgehead atoms. The second-order valence-electron chi connectivity index (χ2n) is 5.65. The first-order chi connectivity index (χ1) is 11.1. The summed E-state index contributed by atoms with van der Waals surface area (Å²) >= 11 is 1.46. The maximum Gasteiger partial charge on any atom is 0.243 e. The van der Waals surface area contributed by atoms with Crippen molar-refractivity contribution in [2.75, 3.05) is 6.54 Å². The molecule has 3 heterocycles. The molecule has 0 N–H and O–H groups in total. The van der Waals surface area contributed by atoms with Crippen LogP contribution in [-0.4, -0.2) is 39.8 Å². The minimum Gasteiger partial charge on any atom is -0.336 e. The van der Waals surface area contributed by atoms with Crippen LogP contribution in [0.3, 0.4) is 0 Å². The monoisotopic (exact) mass is 348 g/mol. The van der Waals surface area contributed by atoms with E-state index in [1.807, 2.05) is 10.8 Å². The second-order valence-corrected chi connectivity index (χ2v) is 8.43. The Hall–Kier alpha value is -1.77. The number of aromatic nitrogens is 3. The molecule has 1 saturated heterocycles. The number of nitrogens with zero attached hydrogens (tertiary/aromatic N) is 4. The van der Waals surface area contributed by atoms with Crippen LogP contribution >= 0.6 is 11.3 Å². The van der Waals surface area contributed by atoms with Gasteiger partial charge in [0.25, 0.3) is 0 Å². The summed E-state index contributed by atoms with van der Waals surface area (Å²) in [6.07, 6.45) is 7.08. The quantitative estimate of drug-likeness (QED) is 0.726. The van der Waals surface area contributed by atoms with Gasteiger partial charge in [-0.3, -0.25) is 0 Å². The number of thiazole rings is 1. The van der Waals surface area contributed by atoms with Gasteiger partial charge in [-0.25, -0.2) is 18.4 Å². The van der Waals surface area contributed by atoms with E-state index in [1.54, 1.807) is 40.5 Å². The highest BCUT2D eigenvalue weighted by atomic mass is 32.2. The molecule has 1 aliphatic heterocycles. The van der Waals surface area contributed by atoms with E-state index < -0.39 is 10.0 Å². The Bertz CT molecular complexity index is 918. The van der Waals surface area contributed by atoms with Crippen molar-refractivity contribution in [3.05, 3.63) is 42.4 Å². The van der Waals surface area contributed by atoms with Crippen molar-refractivity contribution in [3.8, 4) is 0 Å². The standard InChI is InChI=1S/C15H16N4O2S2/c20-23(21,13-3-4-14-15(8-13)22-11-17-14)19-6-1-2-12(19)9-18-7-5-16-10-18/h3-5,7-8,10-12H,1-2,6,9H2. The molecule has 8 heteroatoms. The number of fused-ring (bicyclic) bond motifs is 1. The molecule has 0 saturated carbocycles. The number of sulfonamides is 1. The lowest BCUT2D eigenvalue weighted by molar-refractivity contribution is 0.352. The van der Waals surface area contributed by atoms with E-state index >= 15 is 0 Å². The lowest BCUT2D eigenvalue weighted by atomic mass is 10.2. The highest BCUT2D eigenvalue weighted by Crippen LogP contribution is 2.29. The predicted octanol–water partition coefficient (Wildman–Crippen LogP) is 2.35. The van der Waals surface area contributed by atoms with Gasteiger partial charge in [0.2, 0.25) is 10.0 Å². The number of hydrogen-bond acceptors (Lipinski definition) is 5. The van der Waals surface area contributed by atoms with Crippen LogP contribution in [0.15, 0.2) is 47.3 Å². The topological polar surface area (TPSA) is 68.1 Å². The molecule has 0 spiro atoms. The van der Waals surface area contributed by atoms with Crippen LogP contribution in [0.5, 0.6) is 0 Å². The summed E-state index contributed by atoms with van der Waals surface area (Å²) in [7, 11) is -3.48. The maximum absolute atomic E-state index is 13.0. The number of benzene rings is 1. The normalized spacial score (nSPS) is 19.6. The zero-order chi connectivity index (χ0) is 15.9. The smallest absolute Gasteiger partial charge is 0.243 e. The van der Waals surface area contributed by atoms with Gasteiger partial charge < -0.3 is 4.57 Å². The van der Waals surface area contributed by atoms with E-state index in [0.717, 1.165) is 23.1 Å². The molecule has 0 aliphatic carbocycles. The van der Waals surface area contributed by atoms with Crippen LogP contribution in [0.1, 0.15) is 12.8 Å². The summed E-state index contributed by atoms with van der Waals surface area (Å²) in [6, 6.07) is 5.14. The van der Waals surface area contributed by atoms with Gasteiger partial charge in [-0.2, -0.15) is 4.31 Å². The van der Waals surface area contributed by atoms with Crippen LogP contribution in [0.2, 0.25) is 0 Å². The molecule has 1 aliphatic rings. The lowest BCUT2D eigenvalue weighted by Gasteiger charge is -2.24. The third-order valence-electron chi connectivity index (χ3n) is 4.21. The Kier molecular flexibility index (Phi) is 3.67. The van der Waals surface area contributed by atoms with E-state index in [-0.39, 0.29) is 6.04 Å². The molecule has 120 valence electrons. The van der Waals surface area contributed by atoms with Crippen molar-refractivity contribution >= 4 is 31.6 Å². The first-order valence-corrected chi connectivity index (χ1v) is 9.77. The third kappa shape index (κ3) is 2.66. The van der Waals surface area contributed by atoms with Crippen LogP contribution in [0.25, 0.3) is 10.2 Å². The molecular formula is C15H16N4O2S2. The van der Waals surface area contributed by atoms with Crippen LogP contribution < -0.4 is 0 Å². The molecule has 1 aromatic carbocycles. The van der Waals surface area contributed by atoms with Gasteiger partial charge in [0, 0.05) is 31.5 Å². The first-order valence-electron chi connectivity index (χ1n) is 7.45. The molecule has 0 amide bonds. The SMILES string of the molecule is O=S(=O)(c1ccc2ncsc2c1)N1CCCC1Cn1ccnc1. The molecule has 1 fully saturated rings. The van der Waals surface area contributed by atoms with Gasteiger partial charge in [-0.1, -0.05) is 0 Å². The van der Waals surface area contributed by atoms with Gasteiger partial charge in [0.15, 0.2) is 0 Å². The van der Waals surface area contributed by atoms with Crippen molar-refractivity contribution in [2.24, 2.45) is 0 Å². The number of rotatable bonds is 4. The molecule has 2 aromatic heterocycles. The van der Waals surface area contributed by atoms with Crippen molar-refractivity contribution in [1.82, 2.24) is 18.8 Å². The van der Waals surface area contributed by atoms with Crippen molar-refractivity contribution in [1.29, 1.82) is 0 Å².